The zero-order chi connectivity index (χ0) is 15.6. The summed E-state index contributed by atoms with van der Waals surface area (Å²) in [5.41, 5.74) is 2.18. The molecule has 1 N–H and O–H groups in total. The summed E-state index contributed by atoms with van der Waals surface area (Å²) >= 11 is 12.3. The van der Waals surface area contributed by atoms with Crippen LogP contribution in [0.1, 0.15) is 22.8 Å². The number of aryl methyl sites for hydroxylation is 1. The number of methoxy groups -OCH3 is 2. The maximum absolute atomic E-state index is 10.6. The van der Waals surface area contributed by atoms with Crippen LogP contribution in [-0.2, 0) is 0 Å². The highest BCUT2D eigenvalue weighted by Gasteiger charge is 2.18. The van der Waals surface area contributed by atoms with E-state index in [2.05, 4.69) is 0 Å². The Labute approximate surface area is 134 Å². The third-order valence-electron chi connectivity index (χ3n) is 3.18. The summed E-state index contributed by atoms with van der Waals surface area (Å²) in [6.45, 7) is 1.91. The van der Waals surface area contributed by atoms with Crippen molar-refractivity contribution in [1.29, 1.82) is 0 Å². The fourth-order valence-corrected chi connectivity index (χ4v) is 2.74. The van der Waals surface area contributed by atoms with Crippen molar-refractivity contribution in [2.24, 2.45) is 0 Å². The fraction of sp³-hybridized carbons (Fsp3) is 0.250. The van der Waals surface area contributed by atoms with E-state index in [9.17, 15) is 5.11 Å². The van der Waals surface area contributed by atoms with E-state index >= 15 is 0 Å². The summed E-state index contributed by atoms with van der Waals surface area (Å²) in [5.74, 6) is 1.02. The molecule has 0 aromatic heterocycles. The number of benzene rings is 2. The summed E-state index contributed by atoms with van der Waals surface area (Å²) in [5, 5.41) is 11.5. The van der Waals surface area contributed by atoms with Gasteiger partial charge in [0.05, 0.1) is 19.2 Å². The monoisotopic (exact) mass is 326 g/mol. The Hall–Kier alpha value is -1.42. The molecule has 21 heavy (non-hydrogen) atoms. The van der Waals surface area contributed by atoms with Crippen molar-refractivity contribution in [3.8, 4) is 11.5 Å². The molecule has 2 aromatic rings. The van der Waals surface area contributed by atoms with Crippen LogP contribution >= 0.6 is 23.2 Å². The van der Waals surface area contributed by atoms with E-state index in [0.717, 1.165) is 5.56 Å². The number of aliphatic hydroxyl groups is 1. The SMILES string of the molecule is COc1cc(Cl)c(C(O)c2cc(C)cc(Cl)c2)cc1OC. The van der Waals surface area contributed by atoms with Gasteiger partial charge >= 0.3 is 0 Å². The first-order valence-corrected chi connectivity index (χ1v) is 7.08. The number of aliphatic hydroxyl groups excluding tert-OH is 1. The van der Waals surface area contributed by atoms with Gasteiger partial charge in [0.15, 0.2) is 11.5 Å². The molecule has 0 aliphatic carbocycles. The first kappa shape index (κ1) is 16.0. The Morgan fingerprint density at radius 3 is 2.14 bits per heavy atom. The van der Waals surface area contributed by atoms with Crippen LogP contribution in [0.15, 0.2) is 30.3 Å². The summed E-state index contributed by atoms with van der Waals surface area (Å²) in [6, 6.07) is 8.70. The highest BCUT2D eigenvalue weighted by Crippen LogP contribution is 2.38. The van der Waals surface area contributed by atoms with Crippen LogP contribution in [0.2, 0.25) is 10.0 Å². The molecule has 2 rings (SSSR count). The third-order valence-corrected chi connectivity index (χ3v) is 3.72. The maximum Gasteiger partial charge on any atom is 0.162 e. The minimum Gasteiger partial charge on any atom is -0.493 e. The lowest BCUT2D eigenvalue weighted by molar-refractivity contribution is 0.219. The number of halogens is 2. The summed E-state index contributed by atoms with van der Waals surface area (Å²) in [4.78, 5) is 0. The molecule has 0 aliphatic rings. The van der Waals surface area contributed by atoms with Gasteiger partial charge in [-0.25, -0.2) is 0 Å². The van der Waals surface area contributed by atoms with Crippen molar-refractivity contribution in [2.75, 3.05) is 14.2 Å². The molecule has 3 nitrogen and oxygen atoms in total. The molecule has 112 valence electrons. The van der Waals surface area contributed by atoms with Crippen LogP contribution in [0.3, 0.4) is 0 Å². The van der Waals surface area contributed by atoms with Gasteiger partial charge in [-0.2, -0.15) is 0 Å². The number of hydrogen-bond acceptors (Lipinski definition) is 3. The van der Waals surface area contributed by atoms with Crippen LogP contribution in [0.5, 0.6) is 11.5 Å². The average molecular weight is 327 g/mol. The average Bonchev–Trinajstić information content (AvgIpc) is 2.45. The van der Waals surface area contributed by atoms with Gasteiger partial charge in [-0.1, -0.05) is 29.3 Å². The molecule has 0 heterocycles. The molecule has 0 spiro atoms. The van der Waals surface area contributed by atoms with Gasteiger partial charge in [0, 0.05) is 16.7 Å². The molecule has 0 aliphatic heterocycles. The number of hydrogen-bond donors (Lipinski definition) is 1. The predicted octanol–water partition coefficient (Wildman–Crippen LogP) is 4.40. The van der Waals surface area contributed by atoms with Crippen molar-refractivity contribution < 1.29 is 14.6 Å². The topological polar surface area (TPSA) is 38.7 Å². The molecule has 0 saturated heterocycles. The number of ether oxygens (including phenoxy) is 2. The predicted molar refractivity (Wildman–Crippen MR) is 84.8 cm³/mol. The lowest BCUT2D eigenvalue weighted by Gasteiger charge is -2.17. The highest BCUT2D eigenvalue weighted by molar-refractivity contribution is 6.31. The Kier molecular flexibility index (Phi) is 4.99. The van der Waals surface area contributed by atoms with E-state index in [1.165, 1.54) is 14.2 Å². The highest BCUT2D eigenvalue weighted by atomic mass is 35.5. The fourth-order valence-electron chi connectivity index (χ4n) is 2.18. The van der Waals surface area contributed by atoms with Crippen molar-refractivity contribution in [1.82, 2.24) is 0 Å². The largest absolute Gasteiger partial charge is 0.493 e. The van der Waals surface area contributed by atoms with E-state index in [4.69, 9.17) is 32.7 Å². The van der Waals surface area contributed by atoms with E-state index in [0.29, 0.717) is 32.7 Å². The quantitative estimate of drug-likeness (QED) is 0.904. The van der Waals surface area contributed by atoms with E-state index in [-0.39, 0.29) is 0 Å². The minimum atomic E-state index is -0.894. The molecule has 0 bridgehead atoms. The zero-order valence-corrected chi connectivity index (χ0v) is 13.5. The lowest BCUT2D eigenvalue weighted by Crippen LogP contribution is -2.03. The van der Waals surface area contributed by atoms with Crippen molar-refractivity contribution in [3.05, 3.63) is 57.1 Å². The smallest absolute Gasteiger partial charge is 0.162 e. The summed E-state index contributed by atoms with van der Waals surface area (Å²) in [6.07, 6.45) is -0.894. The molecule has 0 amide bonds. The molecule has 1 atom stereocenters. The Bertz CT molecular complexity index is 636. The lowest BCUT2D eigenvalue weighted by atomic mass is 9.99. The standard InChI is InChI=1S/C16H16Cl2O3/c1-9-4-10(6-11(17)5-9)16(19)12-7-14(20-2)15(21-3)8-13(12)18/h4-8,16,19H,1-3H3. The first-order valence-electron chi connectivity index (χ1n) is 6.33. The molecule has 1 unspecified atom stereocenters. The van der Waals surface area contributed by atoms with Crippen LogP contribution in [0.25, 0.3) is 0 Å². The van der Waals surface area contributed by atoms with E-state index < -0.39 is 6.10 Å². The van der Waals surface area contributed by atoms with Crippen molar-refractivity contribution in [2.45, 2.75) is 13.0 Å². The molecular formula is C16H16Cl2O3. The zero-order valence-electron chi connectivity index (χ0n) is 12.0. The van der Waals surface area contributed by atoms with Crippen LogP contribution < -0.4 is 9.47 Å². The van der Waals surface area contributed by atoms with E-state index in [1.54, 1.807) is 18.2 Å². The van der Waals surface area contributed by atoms with Gasteiger partial charge in [0.1, 0.15) is 6.10 Å². The Morgan fingerprint density at radius 2 is 1.57 bits per heavy atom. The van der Waals surface area contributed by atoms with Gasteiger partial charge < -0.3 is 14.6 Å². The molecular weight excluding hydrogens is 311 g/mol. The second-order valence-electron chi connectivity index (χ2n) is 4.69. The third kappa shape index (κ3) is 3.43. The van der Waals surface area contributed by atoms with Crippen molar-refractivity contribution in [3.63, 3.8) is 0 Å². The second-order valence-corrected chi connectivity index (χ2v) is 5.54. The molecule has 0 saturated carbocycles. The molecule has 2 aromatic carbocycles. The van der Waals surface area contributed by atoms with Crippen LogP contribution in [-0.4, -0.2) is 19.3 Å². The van der Waals surface area contributed by atoms with Gasteiger partial charge in [-0.05, 0) is 36.2 Å². The first-order chi connectivity index (χ1) is 9.96. The molecule has 0 radical (unpaired) electrons. The van der Waals surface area contributed by atoms with Crippen LogP contribution in [0, 0.1) is 6.92 Å². The second kappa shape index (κ2) is 6.56. The van der Waals surface area contributed by atoms with Gasteiger partial charge in [0.2, 0.25) is 0 Å². The van der Waals surface area contributed by atoms with Crippen LogP contribution in [0.4, 0.5) is 0 Å². The Balaban J connectivity index is 2.49. The van der Waals surface area contributed by atoms with Gasteiger partial charge in [0.25, 0.3) is 0 Å². The minimum absolute atomic E-state index is 0.401. The normalized spacial score (nSPS) is 12.1. The molecule has 5 heteroatoms. The number of rotatable bonds is 4. The van der Waals surface area contributed by atoms with E-state index in [1.807, 2.05) is 19.1 Å². The van der Waals surface area contributed by atoms with Gasteiger partial charge in [-0.3, -0.25) is 0 Å². The van der Waals surface area contributed by atoms with Crippen molar-refractivity contribution >= 4 is 23.2 Å². The summed E-state index contributed by atoms with van der Waals surface area (Å²) < 4.78 is 10.4. The Morgan fingerprint density at radius 1 is 0.952 bits per heavy atom. The van der Waals surface area contributed by atoms with Gasteiger partial charge in [-0.15, -0.1) is 0 Å². The molecule has 0 fully saturated rings. The maximum atomic E-state index is 10.6. The summed E-state index contributed by atoms with van der Waals surface area (Å²) in [7, 11) is 3.07.